The van der Waals surface area contributed by atoms with Gasteiger partial charge in [0.15, 0.2) is 5.43 Å². The van der Waals surface area contributed by atoms with Crippen molar-refractivity contribution in [3.63, 3.8) is 0 Å². The number of aliphatic carboxylic acids is 1. The summed E-state index contributed by atoms with van der Waals surface area (Å²) in [7, 11) is 0. The molecule has 1 N–H and O–H groups in total. The first-order valence-electron chi connectivity index (χ1n) is 8.50. The summed E-state index contributed by atoms with van der Waals surface area (Å²) in [6, 6.07) is 18.3. The Kier molecular flexibility index (Phi) is 4.21. The number of aromatic nitrogens is 1. The summed E-state index contributed by atoms with van der Waals surface area (Å²) in [6.07, 6.45) is 0. The molecule has 4 rings (SSSR count). The zero-order valence-corrected chi connectivity index (χ0v) is 15.3. The molecule has 0 aliphatic heterocycles. The number of carboxylic acids is 1. The summed E-state index contributed by atoms with van der Waals surface area (Å²) in [6.45, 7) is 1.65. The van der Waals surface area contributed by atoms with Gasteiger partial charge in [0.2, 0.25) is 0 Å². The van der Waals surface area contributed by atoms with E-state index in [-0.39, 0.29) is 12.0 Å². The van der Waals surface area contributed by atoms with Crippen molar-refractivity contribution in [2.45, 2.75) is 13.5 Å². The molecule has 0 radical (unpaired) electrons. The monoisotopic (exact) mass is 377 g/mol. The Labute approximate surface area is 160 Å². The second-order valence-corrected chi connectivity index (χ2v) is 6.92. The predicted octanol–water partition coefficient (Wildman–Crippen LogP) is 4.87. The van der Waals surface area contributed by atoms with Gasteiger partial charge in [-0.15, -0.1) is 0 Å². The van der Waals surface area contributed by atoms with Gasteiger partial charge in [0.25, 0.3) is 0 Å². The highest BCUT2D eigenvalue weighted by Gasteiger charge is 2.18. The lowest BCUT2D eigenvalue weighted by Gasteiger charge is -2.18. The predicted molar refractivity (Wildman–Crippen MR) is 109 cm³/mol. The van der Waals surface area contributed by atoms with E-state index in [2.05, 4.69) is 0 Å². The van der Waals surface area contributed by atoms with E-state index in [0.29, 0.717) is 32.4 Å². The lowest BCUT2D eigenvalue weighted by Crippen LogP contribution is -2.17. The van der Waals surface area contributed by atoms with Gasteiger partial charge < -0.3 is 9.67 Å². The number of carboxylic acid groups (broad SMARTS) is 1. The van der Waals surface area contributed by atoms with Crippen LogP contribution >= 0.6 is 11.6 Å². The van der Waals surface area contributed by atoms with Gasteiger partial charge in [0, 0.05) is 16.3 Å². The molecule has 1 heterocycles. The molecule has 3 aromatic carbocycles. The van der Waals surface area contributed by atoms with Crippen molar-refractivity contribution >= 4 is 39.4 Å². The highest BCUT2D eigenvalue weighted by atomic mass is 35.5. The van der Waals surface area contributed by atoms with E-state index in [4.69, 9.17) is 11.6 Å². The largest absolute Gasteiger partial charge is 0.480 e. The summed E-state index contributed by atoms with van der Waals surface area (Å²) in [5, 5.41) is 10.9. The van der Waals surface area contributed by atoms with Crippen molar-refractivity contribution in [1.82, 2.24) is 4.57 Å². The van der Waals surface area contributed by atoms with Crippen LogP contribution in [-0.4, -0.2) is 15.6 Å². The first-order valence-corrected chi connectivity index (χ1v) is 8.88. The molecule has 0 amide bonds. The molecule has 4 aromatic rings. The van der Waals surface area contributed by atoms with E-state index in [1.807, 2.05) is 49.4 Å². The first kappa shape index (κ1) is 17.3. The third kappa shape index (κ3) is 2.88. The Morgan fingerprint density at radius 3 is 2.44 bits per heavy atom. The van der Waals surface area contributed by atoms with E-state index in [1.165, 1.54) is 0 Å². The van der Waals surface area contributed by atoms with Crippen LogP contribution in [0.1, 0.15) is 5.56 Å². The van der Waals surface area contributed by atoms with Gasteiger partial charge in [0.05, 0.1) is 16.1 Å². The number of benzene rings is 3. The molecule has 0 aliphatic rings. The number of pyridine rings is 1. The number of hydrogen-bond donors (Lipinski definition) is 1. The molecule has 0 aliphatic carbocycles. The topological polar surface area (TPSA) is 59.3 Å². The molecule has 0 saturated carbocycles. The van der Waals surface area contributed by atoms with Crippen LogP contribution < -0.4 is 5.43 Å². The molecular formula is C22H16ClNO3. The van der Waals surface area contributed by atoms with E-state index in [9.17, 15) is 14.7 Å². The minimum Gasteiger partial charge on any atom is -0.480 e. The Morgan fingerprint density at radius 2 is 1.74 bits per heavy atom. The van der Waals surface area contributed by atoms with Crippen LogP contribution in [0.15, 0.2) is 65.5 Å². The maximum atomic E-state index is 13.1. The molecule has 0 spiro atoms. The minimum absolute atomic E-state index is 0.129. The molecule has 4 nitrogen and oxygen atoms in total. The molecule has 0 saturated heterocycles. The first-order chi connectivity index (χ1) is 13.0. The van der Waals surface area contributed by atoms with Crippen LogP contribution in [0.2, 0.25) is 5.02 Å². The van der Waals surface area contributed by atoms with E-state index in [0.717, 1.165) is 11.1 Å². The Balaban J connectivity index is 2.29. The molecule has 0 fully saturated rings. The van der Waals surface area contributed by atoms with Crippen molar-refractivity contribution in [1.29, 1.82) is 0 Å². The molecule has 1 aromatic heterocycles. The van der Waals surface area contributed by atoms with E-state index in [1.54, 1.807) is 22.8 Å². The normalized spacial score (nSPS) is 11.2. The maximum absolute atomic E-state index is 13.1. The maximum Gasteiger partial charge on any atom is 0.323 e. The number of nitrogens with zero attached hydrogens (tertiary/aromatic N) is 1. The average molecular weight is 378 g/mol. The molecule has 0 atom stereocenters. The fraction of sp³-hybridized carbons (Fsp3) is 0.0909. The fourth-order valence-electron chi connectivity index (χ4n) is 3.53. The number of rotatable bonds is 3. The highest BCUT2D eigenvalue weighted by molar-refractivity contribution is 6.35. The van der Waals surface area contributed by atoms with E-state index >= 15 is 0 Å². The smallest absolute Gasteiger partial charge is 0.323 e. The Bertz CT molecular complexity index is 1260. The Hall–Kier alpha value is -3.11. The van der Waals surface area contributed by atoms with Crippen LogP contribution in [0.25, 0.3) is 32.9 Å². The van der Waals surface area contributed by atoms with Crippen molar-refractivity contribution < 1.29 is 9.90 Å². The molecule has 134 valence electrons. The zero-order chi connectivity index (χ0) is 19.1. The van der Waals surface area contributed by atoms with Gasteiger partial charge in [-0.3, -0.25) is 9.59 Å². The molecule has 5 heteroatoms. The fourth-order valence-corrected chi connectivity index (χ4v) is 3.79. The third-order valence-electron chi connectivity index (χ3n) is 4.69. The molecule has 27 heavy (non-hydrogen) atoms. The second-order valence-electron chi connectivity index (χ2n) is 6.51. The summed E-state index contributed by atoms with van der Waals surface area (Å²) in [5.41, 5.74) is 3.45. The van der Waals surface area contributed by atoms with Gasteiger partial charge in [0.1, 0.15) is 6.54 Å². The summed E-state index contributed by atoms with van der Waals surface area (Å²) >= 11 is 6.52. The number of carbonyl (C=O) groups is 1. The van der Waals surface area contributed by atoms with Gasteiger partial charge in [-0.05, 0) is 42.3 Å². The van der Waals surface area contributed by atoms with Crippen molar-refractivity contribution in [3.8, 4) is 11.1 Å². The standard InChI is InChI=1S/C22H16ClNO3/c1-13-7-8-15-18(11-13)24(12-19(25)26)21-16(22(15)27)9-10-17(23)20(21)14-5-3-2-4-6-14/h2-11H,12H2,1H3,(H,25,26). The number of halogens is 1. The van der Waals surface area contributed by atoms with Crippen LogP contribution in [0.3, 0.4) is 0 Å². The average Bonchev–Trinajstić information content (AvgIpc) is 2.65. The van der Waals surface area contributed by atoms with Crippen LogP contribution in [0.4, 0.5) is 0 Å². The summed E-state index contributed by atoms with van der Waals surface area (Å²) < 4.78 is 1.68. The van der Waals surface area contributed by atoms with Gasteiger partial charge >= 0.3 is 5.97 Å². The summed E-state index contributed by atoms with van der Waals surface area (Å²) in [4.78, 5) is 24.8. The number of hydrogen-bond acceptors (Lipinski definition) is 2. The molecular weight excluding hydrogens is 362 g/mol. The van der Waals surface area contributed by atoms with Crippen molar-refractivity contribution in [2.24, 2.45) is 0 Å². The van der Waals surface area contributed by atoms with Gasteiger partial charge in [-0.25, -0.2) is 0 Å². The lowest BCUT2D eigenvalue weighted by molar-refractivity contribution is -0.137. The SMILES string of the molecule is Cc1ccc2c(=O)c3ccc(Cl)c(-c4ccccc4)c3n(CC(=O)O)c2c1. The third-order valence-corrected chi connectivity index (χ3v) is 5.00. The van der Waals surface area contributed by atoms with Crippen LogP contribution in [0.5, 0.6) is 0 Å². The lowest BCUT2D eigenvalue weighted by atomic mass is 9.99. The molecule has 0 bridgehead atoms. The van der Waals surface area contributed by atoms with Gasteiger partial charge in [-0.1, -0.05) is 48.0 Å². The summed E-state index contributed by atoms with van der Waals surface area (Å²) in [5.74, 6) is -0.984. The van der Waals surface area contributed by atoms with Crippen LogP contribution in [0, 0.1) is 6.92 Å². The quantitative estimate of drug-likeness (QED) is 0.518. The molecule has 0 unspecified atom stereocenters. The van der Waals surface area contributed by atoms with Crippen LogP contribution in [-0.2, 0) is 11.3 Å². The second kappa shape index (κ2) is 6.56. The zero-order valence-electron chi connectivity index (χ0n) is 14.6. The van der Waals surface area contributed by atoms with E-state index < -0.39 is 5.97 Å². The number of fused-ring (bicyclic) bond motifs is 2. The van der Waals surface area contributed by atoms with Gasteiger partial charge in [-0.2, -0.15) is 0 Å². The Morgan fingerprint density at radius 1 is 1.04 bits per heavy atom. The highest BCUT2D eigenvalue weighted by Crippen LogP contribution is 2.35. The number of aryl methyl sites for hydroxylation is 1. The van der Waals surface area contributed by atoms with Crippen molar-refractivity contribution in [3.05, 3.63) is 81.5 Å². The minimum atomic E-state index is -0.984. The van der Waals surface area contributed by atoms with Crippen molar-refractivity contribution in [2.75, 3.05) is 0 Å².